The van der Waals surface area contributed by atoms with Gasteiger partial charge in [0.15, 0.2) is 0 Å². The lowest BCUT2D eigenvalue weighted by Crippen LogP contribution is -2.43. The molecule has 2 aromatic rings. The average Bonchev–Trinajstić information content (AvgIpc) is 2.88. The molecule has 11 heteroatoms. The molecule has 0 spiro atoms. The van der Waals surface area contributed by atoms with E-state index in [1.807, 2.05) is 29.2 Å². The van der Waals surface area contributed by atoms with Crippen molar-refractivity contribution in [3.05, 3.63) is 52.5 Å². The van der Waals surface area contributed by atoms with Crippen LogP contribution in [0.15, 0.2) is 47.4 Å². The number of halogens is 5. The topological polar surface area (TPSA) is 47.6 Å². The summed E-state index contributed by atoms with van der Waals surface area (Å²) in [6.45, 7) is 4.26. The Balaban J connectivity index is 1.12. The molecule has 0 unspecified atom stereocenters. The van der Waals surface area contributed by atoms with E-state index in [-0.39, 0.29) is 33.6 Å². The molecule has 38 heavy (non-hydrogen) atoms. The Labute approximate surface area is 236 Å². The maximum Gasteiger partial charge on any atom is 0.446 e. The summed E-state index contributed by atoms with van der Waals surface area (Å²) in [5.41, 5.74) is -2.69. The Hall–Kier alpha value is -1.81. The molecule has 0 saturated carbocycles. The van der Waals surface area contributed by atoms with E-state index >= 15 is 0 Å². The zero-order chi connectivity index (χ0) is 27.1. The lowest BCUT2D eigenvalue weighted by Gasteiger charge is -2.34. The standard InChI is InChI=1S/C27H33Cl2F3N4OS/c28-19-3-5-20(6-4-19)33-21-9-14-35(15-10-21)13-1-2-26(37)36-16-11-22(12-17-36)34-23-7-8-24(29)25(18-23)38-27(30,31)32/h3-8,18,21-22,33-34H,1-2,9-17H2. The number of likely N-dealkylation sites (tertiary alicyclic amines) is 2. The van der Waals surface area contributed by atoms with Crippen LogP contribution >= 0.6 is 35.0 Å². The van der Waals surface area contributed by atoms with E-state index in [0.29, 0.717) is 31.2 Å². The molecule has 2 fully saturated rings. The zero-order valence-electron chi connectivity index (χ0n) is 21.1. The molecule has 4 rings (SSSR count). The average molecular weight is 590 g/mol. The van der Waals surface area contributed by atoms with E-state index in [1.54, 1.807) is 6.07 Å². The van der Waals surface area contributed by atoms with E-state index in [9.17, 15) is 18.0 Å². The summed E-state index contributed by atoms with van der Waals surface area (Å²) >= 11 is 11.7. The van der Waals surface area contributed by atoms with E-state index < -0.39 is 5.51 Å². The first-order valence-electron chi connectivity index (χ1n) is 13.0. The molecule has 0 atom stereocenters. The van der Waals surface area contributed by atoms with Crippen LogP contribution in [-0.2, 0) is 4.79 Å². The third-order valence-corrected chi connectivity index (χ3v) is 8.53. The monoisotopic (exact) mass is 588 g/mol. The third-order valence-electron chi connectivity index (χ3n) is 7.04. The molecular weight excluding hydrogens is 556 g/mol. The summed E-state index contributed by atoms with van der Waals surface area (Å²) in [7, 11) is 0. The van der Waals surface area contributed by atoms with Gasteiger partial charge in [-0.3, -0.25) is 4.79 Å². The molecule has 1 amide bonds. The van der Waals surface area contributed by atoms with Crippen molar-refractivity contribution in [2.24, 2.45) is 0 Å². The smallest absolute Gasteiger partial charge is 0.382 e. The van der Waals surface area contributed by atoms with Crippen molar-refractivity contribution < 1.29 is 18.0 Å². The van der Waals surface area contributed by atoms with Crippen LogP contribution in [0.5, 0.6) is 0 Å². The lowest BCUT2D eigenvalue weighted by molar-refractivity contribution is -0.132. The SMILES string of the molecule is O=C(CCCN1CCC(Nc2ccc(Cl)cc2)CC1)N1CCC(Nc2ccc(Cl)c(SC(F)(F)F)c2)CC1. The largest absolute Gasteiger partial charge is 0.446 e. The predicted molar refractivity (Wildman–Crippen MR) is 150 cm³/mol. The Morgan fingerprint density at radius 2 is 1.47 bits per heavy atom. The van der Waals surface area contributed by atoms with E-state index in [0.717, 1.165) is 62.4 Å². The minimum Gasteiger partial charge on any atom is -0.382 e. The van der Waals surface area contributed by atoms with Gasteiger partial charge in [-0.1, -0.05) is 23.2 Å². The summed E-state index contributed by atoms with van der Waals surface area (Å²) in [5.74, 6) is 0.179. The number of nitrogens with zero attached hydrogens (tertiary/aromatic N) is 2. The number of carbonyl (C=O) groups is 1. The van der Waals surface area contributed by atoms with Crippen LogP contribution < -0.4 is 10.6 Å². The Morgan fingerprint density at radius 1 is 0.895 bits per heavy atom. The van der Waals surface area contributed by atoms with E-state index in [4.69, 9.17) is 23.2 Å². The molecule has 0 aliphatic carbocycles. The highest BCUT2D eigenvalue weighted by molar-refractivity contribution is 8.00. The number of hydrogen-bond donors (Lipinski definition) is 2. The summed E-state index contributed by atoms with van der Waals surface area (Å²) in [4.78, 5) is 17.1. The van der Waals surface area contributed by atoms with Crippen molar-refractivity contribution in [2.75, 3.05) is 43.4 Å². The maximum atomic E-state index is 12.8. The predicted octanol–water partition coefficient (Wildman–Crippen LogP) is 7.36. The lowest BCUT2D eigenvalue weighted by atomic mass is 10.0. The molecule has 2 heterocycles. The molecule has 208 valence electrons. The number of piperidine rings is 2. The second-order valence-corrected chi connectivity index (χ2v) is 11.8. The van der Waals surface area contributed by atoms with Gasteiger partial charge in [-0.2, -0.15) is 13.2 Å². The number of anilines is 2. The molecule has 2 N–H and O–H groups in total. The molecule has 0 radical (unpaired) electrons. The minimum atomic E-state index is -4.39. The van der Waals surface area contributed by atoms with Crippen molar-refractivity contribution in [2.45, 2.75) is 61.0 Å². The number of carbonyl (C=O) groups excluding carboxylic acids is 1. The molecule has 0 bridgehead atoms. The van der Waals surface area contributed by atoms with Crippen LogP contribution in [0.3, 0.4) is 0 Å². The van der Waals surface area contributed by atoms with Crippen molar-refractivity contribution >= 4 is 52.2 Å². The number of alkyl halides is 3. The number of amides is 1. The van der Waals surface area contributed by atoms with Crippen LogP contribution in [0, 0.1) is 0 Å². The van der Waals surface area contributed by atoms with Crippen LogP contribution in [0.2, 0.25) is 10.0 Å². The van der Waals surface area contributed by atoms with Gasteiger partial charge in [-0.15, -0.1) is 0 Å². The van der Waals surface area contributed by atoms with Crippen molar-refractivity contribution in [1.82, 2.24) is 9.80 Å². The zero-order valence-corrected chi connectivity index (χ0v) is 23.4. The van der Waals surface area contributed by atoms with E-state index in [1.165, 1.54) is 12.1 Å². The van der Waals surface area contributed by atoms with Gasteiger partial charge in [0, 0.05) is 66.0 Å². The maximum absolute atomic E-state index is 12.8. The minimum absolute atomic E-state index is 0.0150. The molecule has 2 aliphatic heterocycles. The fourth-order valence-corrected chi connectivity index (χ4v) is 5.96. The summed E-state index contributed by atoms with van der Waals surface area (Å²) in [5, 5.41) is 7.70. The first-order valence-corrected chi connectivity index (χ1v) is 14.6. The summed E-state index contributed by atoms with van der Waals surface area (Å²) in [6, 6.07) is 13.0. The normalized spacial score (nSPS) is 18.0. The van der Waals surface area contributed by atoms with Crippen LogP contribution in [0.1, 0.15) is 38.5 Å². The fraction of sp³-hybridized carbons (Fsp3) is 0.519. The number of thioether (sulfide) groups is 1. The summed E-state index contributed by atoms with van der Waals surface area (Å²) in [6.07, 6.45) is 5.03. The number of benzene rings is 2. The molecule has 2 aromatic carbocycles. The van der Waals surface area contributed by atoms with Crippen LogP contribution in [0.25, 0.3) is 0 Å². The van der Waals surface area contributed by atoms with Crippen molar-refractivity contribution in [1.29, 1.82) is 0 Å². The van der Waals surface area contributed by atoms with Gasteiger partial charge in [0.1, 0.15) is 0 Å². The summed E-state index contributed by atoms with van der Waals surface area (Å²) < 4.78 is 38.3. The first kappa shape index (κ1) is 29.2. The van der Waals surface area contributed by atoms with Gasteiger partial charge < -0.3 is 20.4 Å². The Bertz CT molecular complexity index is 1060. The Kier molecular flexibility index (Phi) is 10.4. The van der Waals surface area contributed by atoms with Gasteiger partial charge in [0.2, 0.25) is 5.91 Å². The highest BCUT2D eigenvalue weighted by Gasteiger charge is 2.31. The first-order chi connectivity index (χ1) is 18.1. The molecule has 2 aliphatic rings. The highest BCUT2D eigenvalue weighted by Crippen LogP contribution is 2.41. The Morgan fingerprint density at radius 3 is 2.11 bits per heavy atom. The van der Waals surface area contributed by atoms with Gasteiger partial charge >= 0.3 is 5.51 Å². The fourth-order valence-electron chi connectivity index (χ4n) is 5.00. The van der Waals surface area contributed by atoms with Crippen LogP contribution in [0.4, 0.5) is 24.5 Å². The third kappa shape index (κ3) is 9.14. The second-order valence-electron chi connectivity index (χ2n) is 9.86. The quantitative estimate of drug-likeness (QED) is 0.299. The van der Waals surface area contributed by atoms with Gasteiger partial charge in [0.25, 0.3) is 0 Å². The second kappa shape index (κ2) is 13.5. The van der Waals surface area contributed by atoms with E-state index in [2.05, 4.69) is 15.5 Å². The molecule has 2 saturated heterocycles. The number of rotatable bonds is 9. The molecular formula is C27H33Cl2F3N4OS. The van der Waals surface area contributed by atoms with Gasteiger partial charge in [-0.25, -0.2) is 0 Å². The van der Waals surface area contributed by atoms with Gasteiger partial charge in [-0.05, 0) is 92.9 Å². The van der Waals surface area contributed by atoms with Gasteiger partial charge in [0.05, 0.1) is 5.02 Å². The highest BCUT2D eigenvalue weighted by atomic mass is 35.5. The molecule has 5 nitrogen and oxygen atoms in total. The molecule has 0 aromatic heterocycles. The van der Waals surface area contributed by atoms with Crippen molar-refractivity contribution in [3.63, 3.8) is 0 Å². The number of hydrogen-bond acceptors (Lipinski definition) is 5. The number of nitrogens with one attached hydrogen (secondary N) is 2. The van der Waals surface area contributed by atoms with Crippen molar-refractivity contribution in [3.8, 4) is 0 Å². The van der Waals surface area contributed by atoms with Crippen LogP contribution in [-0.4, -0.2) is 66.0 Å².